The van der Waals surface area contributed by atoms with E-state index in [-0.39, 0.29) is 23.0 Å². The zero-order chi connectivity index (χ0) is 27.9. The van der Waals surface area contributed by atoms with Crippen molar-refractivity contribution in [2.24, 2.45) is 0 Å². The number of fused-ring (bicyclic) bond motifs is 1. The average molecular weight is 556 g/mol. The summed E-state index contributed by atoms with van der Waals surface area (Å²) in [5, 5.41) is 10.2. The maximum absolute atomic E-state index is 12.9. The monoisotopic (exact) mass is 555 g/mol. The van der Waals surface area contributed by atoms with Crippen LogP contribution in [0.2, 0.25) is 0 Å². The van der Waals surface area contributed by atoms with Gasteiger partial charge in [-0.05, 0) is 73.5 Å². The molecule has 0 saturated heterocycles. The Kier molecular flexibility index (Phi) is 8.98. The summed E-state index contributed by atoms with van der Waals surface area (Å²) in [4.78, 5) is 30.1. The standard InChI is InChI=1S/C32H33N3O4S/c1-22(36)19-30(40-34-32(38)24-11-6-3-7-12-24)31-26-13-8-14-27(37)25(26)15-16-28(31)39-29(20-35-18-17-33-21-35)23-9-4-2-5-10-23/h2-7,9-12,15-18,21-22,29-30,36H,8,13-14,19-20H2,1H3,(H,34,38)/t22?,29-,30?/m1/s1. The number of aliphatic hydroxyl groups is 1. The Morgan fingerprint density at radius 1 is 1.07 bits per heavy atom. The summed E-state index contributed by atoms with van der Waals surface area (Å²) in [5.74, 6) is 0.544. The fourth-order valence-corrected chi connectivity index (χ4v) is 6.23. The van der Waals surface area contributed by atoms with Crippen molar-refractivity contribution in [2.75, 3.05) is 0 Å². The molecule has 0 bridgehead atoms. The minimum Gasteiger partial charge on any atom is -0.484 e. The van der Waals surface area contributed by atoms with Gasteiger partial charge < -0.3 is 14.4 Å². The van der Waals surface area contributed by atoms with Gasteiger partial charge in [0, 0.05) is 35.5 Å². The van der Waals surface area contributed by atoms with E-state index in [1.165, 1.54) is 11.9 Å². The van der Waals surface area contributed by atoms with Crippen LogP contribution in [0.5, 0.6) is 5.75 Å². The molecule has 206 valence electrons. The number of ether oxygens (including phenoxy) is 1. The summed E-state index contributed by atoms with van der Waals surface area (Å²) < 4.78 is 11.7. The number of carbonyl (C=O) groups is 2. The number of imidazole rings is 1. The second-order valence-corrected chi connectivity index (χ2v) is 11.1. The number of hydrogen-bond donors (Lipinski definition) is 2. The van der Waals surface area contributed by atoms with Gasteiger partial charge in [-0.1, -0.05) is 48.5 Å². The number of amides is 1. The van der Waals surface area contributed by atoms with Gasteiger partial charge in [0.2, 0.25) is 0 Å². The van der Waals surface area contributed by atoms with Crippen LogP contribution in [0.15, 0.2) is 91.5 Å². The number of hydrogen-bond acceptors (Lipinski definition) is 6. The Hall–Kier alpha value is -3.88. The zero-order valence-corrected chi connectivity index (χ0v) is 23.2. The van der Waals surface area contributed by atoms with Crippen molar-refractivity contribution in [1.29, 1.82) is 0 Å². The van der Waals surface area contributed by atoms with Crippen LogP contribution in [0, 0.1) is 0 Å². The summed E-state index contributed by atoms with van der Waals surface area (Å²) in [6, 6.07) is 22.8. The first kappa shape index (κ1) is 27.7. The van der Waals surface area contributed by atoms with Crippen LogP contribution in [0.1, 0.15) is 74.9 Å². The maximum Gasteiger partial charge on any atom is 0.261 e. The number of aromatic nitrogens is 2. The molecule has 0 radical (unpaired) electrons. The van der Waals surface area contributed by atoms with Gasteiger partial charge in [0.1, 0.15) is 11.9 Å². The molecule has 0 aliphatic heterocycles. The molecule has 4 aromatic rings. The molecule has 8 heteroatoms. The molecule has 0 fully saturated rings. The summed E-state index contributed by atoms with van der Waals surface area (Å²) in [5.41, 5.74) is 4.06. The normalized spacial score (nSPS) is 15.1. The van der Waals surface area contributed by atoms with E-state index in [0.29, 0.717) is 36.3 Å². The first-order chi connectivity index (χ1) is 19.5. The summed E-state index contributed by atoms with van der Waals surface area (Å²) >= 11 is 1.26. The molecule has 1 amide bonds. The van der Waals surface area contributed by atoms with Gasteiger partial charge >= 0.3 is 0 Å². The SMILES string of the molecule is CC(O)CC(SNC(=O)c1ccccc1)c1c(O[C@H](Cn2ccnc2)c2ccccc2)ccc2c1CCCC2=O. The second kappa shape index (κ2) is 13.0. The molecular formula is C32H33N3O4S. The van der Waals surface area contributed by atoms with E-state index < -0.39 is 6.10 Å². The van der Waals surface area contributed by atoms with Crippen molar-refractivity contribution in [3.05, 3.63) is 119 Å². The number of Topliss-reactive ketones (excluding diaryl/α,β-unsaturated/α-hetero) is 1. The number of benzene rings is 3. The van der Waals surface area contributed by atoms with Crippen LogP contribution >= 0.6 is 11.9 Å². The Balaban J connectivity index is 1.53. The van der Waals surface area contributed by atoms with Crippen LogP contribution in [0.25, 0.3) is 0 Å². The van der Waals surface area contributed by atoms with Crippen LogP contribution in [-0.2, 0) is 13.0 Å². The van der Waals surface area contributed by atoms with Crippen molar-refractivity contribution >= 4 is 23.6 Å². The fraction of sp³-hybridized carbons (Fsp3) is 0.281. The molecule has 40 heavy (non-hydrogen) atoms. The van der Waals surface area contributed by atoms with E-state index >= 15 is 0 Å². The largest absolute Gasteiger partial charge is 0.484 e. The molecule has 3 aromatic carbocycles. The van der Waals surface area contributed by atoms with Crippen LogP contribution in [-0.4, -0.2) is 32.5 Å². The number of aliphatic hydroxyl groups excluding tert-OH is 1. The number of ketones is 1. The topological polar surface area (TPSA) is 93.4 Å². The molecule has 1 heterocycles. The van der Waals surface area contributed by atoms with Gasteiger partial charge in [0.15, 0.2) is 5.78 Å². The highest BCUT2D eigenvalue weighted by Crippen LogP contribution is 2.44. The molecule has 7 nitrogen and oxygen atoms in total. The molecule has 1 aromatic heterocycles. The molecule has 1 aliphatic carbocycles. The lowest BCUT2D eigenvalue weighted by atomic mass is 9.85. The van der Waals surface area contributed by atoms with E-state index in [9.17, 15) is 14.7 Å². The lowest BCUT2D eigenvalue weighted by molar-refractivity contribution is 0.0967. The first-order valence-electron chi connectivity index (χ1n) is 13.5. The van der Waals surface area contributed by atoms with Crippen molar-refractivity contribution in [3.8, 4) is 5.75 Å². The van der Waals surface area contributed by atoms with Gasteiger partial charge in [-0.3, -0.25) is 14.3 Å². The lowest BCUT2D eigenvalue weighted by Crippen LogP contribution is -2.23. The number of rotatable bonds is 11. The molecule has 5 rings (SSSR count). The van der Waals surface area contributed by atoms with Crippen molar-refractivity contribution in [3.63, 3.8) is 0 Å². The Morgan fingerprint density at radius 2 is 1.82 bits per heavy atom. The Bertz CT molecular complexity index is 1430. The summed E-state index contributed by atoms with van der Waals surface area (Å²) in [6.07, 6.45) is 6.80. The molecule has 0 spiro atoms. The number of nitrogens with one attached hydrogen (secondary N) is 1. The van der Waals surface area contributed by atoms with Crippen molar-refractivity contribution < 1.29 is 19.4 Å². The highest BCUT2D eigenvalue weighted by molar-refractivity contribution is 7.98. The van der Waals surface area contributed by atoms with Crippen LogP contribution in [0.3, 0.4) is 0 Å². The molecule has 1 aliphatic rings. The third-order valence-electron chi connectivity index (χ3n) is 7.03. The van der Waals surface area contributed by atoms with Crippen LogP contribution in [0.4, 0.5) is 0 Å². The predicted molar refractivity (Wildman–Crippen MR) is 156 cm³/mol. The third kappa shape index (κ3) is 6.63. The van der Waals surface area contributed by atoms with E-state index in [1.807, 2.05) is 71.4 Å². The summed E-state index contributed by atoms with van der Waals surface area (Å²) in [6.45, 7) is 2.28. The van der Waals surface area contributed by atoms with Crippen molar-refractivity contribution in [1.82, 2.24) is 14.3 Å². The van der Waals surface area contributed by atoms with Gasteiger partial charge in [0.05, 0.1) is 24.2 Å². The molecular weight excluding hydrogens is 522 g/mol. The highest BCUT2D eigenvalue weighted by atomic mass is 32.2. The smallest absolute Gasteiger partial charge is 0.261 e. The number of nitrogens with zero attached hydrogens (tertiary/aromatic N) is 2. The zero-order valence-electron chi connectivity index (χ0n) is 22.4. The van der Waals surface area contributed by atoms with Gasteiger partial charge in [0.25, 0.3) is 5.91 Å². The molecule has 2 unspecified atom stereocenters. The maximum atomic E-state index is 12.9. The Labute approximate surface area is 238 Å². The van der Waals surface area contributed by atoms with E-state index in [4.69, 9.17) is 4.74 Å². The quantitative estimate of drug-likeness (QED) is 0.217. The number of carbonyl (C=O) groups excluding carboxylic acids is 2. The molecule has 3 atom stereocenters. The lowest BCUT2D eigenvalue weighted by Gasteiger charge is -2.29. The minimum atomic E-state index is -0.634. The van der Waals surface area contributed by atoms with Crippen molar-refractivity contribution in [2.45, 2.75) is 56.6 Å². The average Bonchev–Trinajstić information content (AvgIpc) is 3.49. The van der Waals surface area contributed by atoms with E-state index in [0.717, 1.165) is 29.5 Å². The Morgan fingerprint density at radius 3 is 2.52 bits per heavy atom. The third-order valence-corrected chi connectivity index (χ3v) is 8.05. The van der Waals surface area contributed by atoms with E-state index in [1.54, 1.807) is 31.6 Å². The van der Waals surface area contributed by atoms with Gasteiger partial charge in [-0.15, -0.1) is 0 Å². The van der Waals surface area contributed by atoms with Gasteiger partial charge in [-0.25, -0.2) is 4.98 Å². The molecule has 2 N–H and O–H groups in total. The predicted octanol–water partition coefficient (Wildman–Crippen LogP) is 6.11. The van der Waals surface area contributed by atoms with Crippen LogP contribution < -0.4 is 9.46 Å². The second-order valence-electron chi connectivity index (χ2n) is 10.0. The fourth-order valence-electron chi connectivity index (χ4n) is 5.12. The minimum absolute atomic E-state index is 0.112. The van der Waals surface area contributed by atoms with Gasteiger partial charge in [-0.2, -0.15) is 0 Å². The molecule has 0 saturated carbocycles. The summed E-state index contributed by atoms with van der Waals surface area (Å²) in [7, 11) is 0. The first-order valence-corrected chi connectivity index (χ1v) is 14.4. The highest BCUT2D eigenvalue weighted by Gasteiger charge is 2.30. The van der Waals surface area contributed by atoms with E-state index in [2.05, 4.69) is 9.71 Å².